The van der Waals surface area contributed by atoms with Crippen LogP contribution < -0.4 is 10.1 Å². The molecule has 4 rings (SSSR count). The molecule has 1 aromatic carbocycles. The predicted octanol–water partition coefficient (Wildman–Crippen LogP) is 3.23. The van der Waals surface area contributed by atoms with Gasteiger partial charge in [-0.2, -0.15) is 5.10 Å². The topological polar surface area (TPSA) is 59.4 Å². The highest BCUT2D eigenvalue weighted by atomic mass is 16.5. The van der Waals surface area contributed by atoms with Crippen molar-refractivity contribution in [1.29, 1.82) is 0 Å². The Balaban J connectivity index is 1.40. The number of amides is 1. The van der Waals surface area contributed by atoms with Crippen LogP contribution in [0.25, 0.3) is 0 Å². The lowest BCUT2D eigenvalue weighted by molar-refractivity contribution is 0.0716. The third kappa shape index (κ3) is 4.53. The summed E-state index contributed by atoms with van der Waals surface area (Å²) in [5.74, 6) is 1.03. The van der Waals surface area contributed by atoms with E-state index in [4.69, 9.17) is 9.84 Å². The number of fused-ring (bicyclic) bond motifs is 1. The van der Waals surface area contributed by atoms with Gasteiger partial charge in [0.15, 0.2) is 5.69 Å². The summed E-state index contributed by atoms with van der Waals surface area (Å²) in [5, 5.41) is 8.47. The van der Waals surface area contributed by atoms with Crippen LogP contribution in [0.5, 0.6) is 5.75 Å². The van der Waals surface area contributed by atoms with Crippen LogP contribution >= 0.6 is 0 Å². The molecule has 0 spiro atoms. The van der Waals surface area contributed by atoms with E-state index in [-0.39, 0.29) is 5.91 Å². The van der Waals surface area contributed by atoms with Crippen LogP contribution in [0.3, 0.4) is 0 Å². The van der Waals surface area contributed by atoms with Gasteiger partial charge in [0.1, 0.15) is 5.75 Å². The summed E-state index contributed by atoms with van der Waals surface area (Å²) in [6.07, 6.45) is 7.41. The van der Waals surface area contributed by atoms with Crippen LogP contribution in [-0.4, -0.2) is 53.4 Å². The number of rotatable bonds is 7. The van der Waals surface area contributed by atoms with E-state index in [2.05, 4.69) is 29.1 Å². The maximum atomic E-state index is 13.2. The van der Waals surface area contributed by atoms with Crippen LogP contribution in [0.4, 0.5) is 0 Å². The third-order valence-corrected chi connectivity index (χ3v) is 6.50. The Bertz CT molecular complexity index is 853. The van der Waals surface area contributed by atoms with Gasteiger partial charge in [0.2, 0.25) is 0 Å². The molecule has 1 fully saturated rings. The molecule has 6 heteroatoms. The Kier molecular flexibility index (Phi) is 6.72. The fourth-order valence-electron chi connectivity index (χ4n) is 4.75. The van der Waals surface area contributed by atoms with Crippen LogP contribution in [-0.2, 0) is 25.8 Å². The number of benzene rings is 1. The Hall–Kier alpha value is -2.34. The molecule has 2 aromatic rings. The van der Waals surface area contributed by atoms with Gasteiger partial charge in [-0.25, -0.2) is 0 Å². The monoisotopic (exact) mass is 410 g/mol. The number of carbonyl (C=O) groups excluding carboxylic acids is 1. The minimum Gasteiger partial charge on any atom is -0.497 e. The summed E-state index contributed by atoms with van der Waals surface area (Å²) < 4.78 is 7.29. The zero-order valence-electron chi connectivity index (χ0n) is 18.3. The molecule has 1 atom stereocenters. The lowest BCUT2D eigenvalue weighted by atomic mass is 9.90. The number of methoxy groups -OCH3 is 1. The highest BCUT2D eigenvalue weighted by Crippen LogP contribution is 2.27. The van der Waals surface area contributed by atoms with Crippen molar-refractivity contribution in [2.24, 2.45) is 0 Å². The quantitative estimate of drug-likeness (QED) is 0.761. The maximum absolute atomic E-state index is 13.2. The summed E-state index contributed by atoms with van der Waals surface area (Å²) >= 11 is 0. The SMILES string of the molecule is CCn1nc(C(=O)N2CCCCC2)c2c1CCC(NCCc1ccc(OC)cc1)C2. The van der Waals surface area contributed by atoms with Crippen LogP contribution in [0.1, 0.15) is 59.9 Å². The molecule has 1 saturated heterocycles. The summed E-state index contributed by atoms with van der Waals surface area (Å²) in [4.78, 5) is 15.2. The second-order valence-corrected chi connectivity index (χ2v) is 8.43. The van der Waals surface area contributed by atoms with Crippen LogP contribution in [0.2, 0.25) is 0 Å². The molecular weight excluding hydrogens is 376 g/mol. The Morgan fingerprint density at radius 2 is 1.97 bits per heavy atom. The molecule has 0 saturated carbocycles. The number of aryl methyl sites for hydroxylation is 1. The number of ether oxygens (including phenoxy) is 1. The zero-order valence-corrected chi connectivity index (χ0v) is 18.3. The van der Waals surface area contributed by atoms with Crippen molar-refractivity contribution in [1.82, 2.24) is 20.0 Å². The molecule has 1 N–H and O–H groups in total. The van der Waals surface area contributed by atoms with E-state index < -0.39 is 0 Å². The van der Waals surface area contributed by atoms with Crippen molar-refractivity contribution in [3.05, 3.63) is 46.8 Å². The molecule has 1 amide bonds. The first kappa shape index (κ1) is 20.9. The van der Waals surface area contributed by atoms with Crippen molar-refractivity contribution in [2.75, 3.05) is 26.7 Å². The van der Waals surface area contributed by atoms with E-state index in [0.717, 1.165) is 70.5 Å². The smallest absolute Gasteiger partial charge is 0.274 e. The van der Waals surface area contributed by atoms with E-state index in [1.807, 2.05) is 17.0 Å². The molecule has 1 unspecified atom stereocenters. The van der Waals surface area contributed by atoms with E-state index in [9.17, 15) is 4.79 Å². The van der Waals surface area contributed by atoms with E-state index in [0.29, 0.717) is 11.7 Å². The van der Waals surface area contributed by atoms with Gasteiger partial charge in [-0.05, 0) is 76.1 Å². The van der Waals surface area contributed by atoms with Crippen molar-refractivity contribution in [3.8, 4) is 5.75 Å². The Morgan fingerprint density at radius 3 is 2.67 bits per heavy atom. The standard InChI is InChI=1S/C24H34N4O2/c1-3-28-22-12-9-19(25-14-13-18-7-10-20(30-2)11-8-18)17-21(22)23(26-28)24(29)27-15-5-4-6-16-27/h7-8,10-11,19,25H,3-6,9,12-17H2,1-2H3. The molecule has 2 aliphatic rings. The molecule has 1 aromatic heterocycles. The average molecular weight is 411 g/mol. The second-order valence-electron chi connectivity index (χ2n) is 8.43. The summed E-state index contributed by atoms with van der Waals surface area (Å²) in [6, 6.07) is 8.68. The molecule has 1 aliphatic carbocycles. The minimum absolute atomic E-state index is 0.136. The number of carbonyl (C=O) groups is 1. The molecule has 1 aliphatic heterocycles. The van der Waals surface area contributed by atoms with Gasteiger partial charge in [-0.15, -0.1) is 0 Å². The number of hydrogen-bond acceptors (Lipinski definition) is 4. The summed E-state index contributed by atoms with van der Waals surface area (Å²) in [7, 11) is 1.69. The normalized spacial score (nSPS) is 18.9. The van der Waals surface area contributed by atoms with Gasteiger partial charge in [0.05, 0.1) is 7.11 Å². The maximum Gasteiger partial charge on any atom is 0.274 e. The largest absolute Gasteiger partial charge is 0.497 e. The van der Waals surface area contributed by atoms with Crippen LogP contribution in [0.15, 0.2) is 24.3 Å². The number of nitrogens with zero attached hydrogens (tertiary/aromatic N) is 3. The number of piperidine rings is 1. The fraction of sp³-hybridized carbons (Fsp3) is 0.583. The summed E-state index contributed by atoms with van der Waals surface area (Å²) in [5.41, 5.74) is 4.46. The first-order valence-electron chi connectivity index (χ1n) is 11.4. The first-order chi connectivity index (χ1) is 14.7. The third-order valence-electron chi connectivity index (χ3n) is 6.50. The average Bonchev–Trinajstić information content (AvgIpc) is 3.17. The highest BCUT2D eigenvalue weighted by molar-refractivity contribution is 5.94. The number of hydrogen-bond donors (Lipinski definition) is 1. The number of likely N-dealkylation sites (tertiary alicyclic amines) is 1. The first-order valence-corrected chi connectivity index (χ1v) is 11.4. The molecule has 162 valence electrons. The van der Waals surface area contributed by atoms with Gasteiger partial charge < -0.3 is 15.0 Å². The van der Waals surface area contributed by atoms with E-state index in [1.165, 1.54) is 23.2 Å². The van der Waals surface area contributed by atoms with Gasteiger partial charge in [-0.3, -0.25) is 9.48 Å². The van der Waals surface area contributed by atoms with Crippen molar-refractivity contribution < 1.29 is 9.53 Å². The van der Waals surface area contributed by atoms with Crippen molar-refractivity contribution in [3.63, 3.8) is 0 Å². The lowest BCUT2D eigenvalue weighted by Crippen LogP contribution is -2.38. The second kappa shape index (κ2) is 9.65. The van der Waals surface area contributed by atoms with Crippen molar-refractivity contribution >= 4 is 5.91 Å². The number of aromatic nitrogens is 2. The molecule has 0 radical (unpaired) electrons. The highest BCUT2D eigenvalue weighted by Gasteiger charge is 2.31. The minimum atomic E-state index is 0.136. The van der Waals surface area contributed by atoms with Gasteiger partial charge in [0, 0.05) is 36.9 Å². The molecular formula is C24H34N4O2. The predicted molar refractivity (Wildman–Crippen MR) is 118 cm³/mol. The molecule has 2 heterocycles. The Morgan fingerprint density at radius 1 is 1.20 bits per heavy atom. The Labute approximate surface area is 179 Å². The molecule has 30 heavy (non-hydrogen) atoms. The molecule has 6 nitrogen and oxygen atoms in total. The molecule has 0 bridgehead atoms. The van der Waals surface area contributed by atoms with E-state index >= 15 is 0 Å². The van der Waals surface area contributed by atoms with Crippen molar-refractivity contribution in [2.45, 2.75) is 64.5 Å². The zero-order chi connectivity index (χ0) is 20.9. The van der Waals surface area contributed by atoms with Gasteiger partial charge >= 0.3 is 0 Å². The lowest BCUT2D eigenvalue weighted by Gasteiger charge is -2.27. The summed E-state index contributed by atoms with van der Waals surface area (Å²) in [6.45, 7) is 5.61. The van der Waals surface area contributed by atoms with E-state index in [1.54, 1.807) is 7.11 Å². The van der Waals surface area contributed by atoms with Gasteiger partial charge in [-0.1, -0.05) is 12.1 Å². The van der Waals surface area contributed by atoms with Gasteiger partial charge in [0.25, 0.3) is 5.91 Å². The number of nitrogens with one attached hydrogen (secondary N) is 1. The van der Waals surface area contributed by atoms with Crippen LogP contribution in [0, 0.1) is 0 Å². The fourth-order valence-corrected chi connectivity index (χ4v) is 4.75.